The van der Waals surface area contributed by atoms with Crippen LogP contribution in [0.1, 0.15) is 60.3 Å². The molecule has 0 aliphatic carbocycles. The van der Waals surface area contributed by atoms with Crippen LogP contribution in [0.4, 0.5) is 30.0 Å². The fraction of sp³-hybridized carbons (Fsp3) is 0.944. The van der Waals surface area contributed by atoms with E-state index in [2.05, 4.69) is 46.1 Å². The molecule has 204 valence electrons. The number of halogens is 6. The predicted octanol–water partition coefficient (Wildman–Crippen LogP) is 7.88. The summed E-state index contributed by atoms with van der Waals surface area (Å²) < 4.78 is 83.2. The number of carbonyl (C=O) groups is 1. The van der Waals surface area contributed by atoms with Crippen LogP contribution in [-0.4, -0.2) is 66.2 Å². The fourth-order valence-corrected chi connectivity index (χ4v) is 5.62. The molecule has 1 N–H and O–H groups in total. The van der Waals surface area contributed by atoms with E-state index >= 15 is 0 Å². The standard InChI is InChI=1S/C18H40NO5PSi.F6P/c1-9-13-21-26(22-14-10-2,23-15-11-3)17(12-4)19-18(20)24-16(5)25(6,7)8;1-7(2,3,4,5)6/h16-17H,9-15H2,1-8H3;/q;-1/p+1. The van der Waals surface area contributed by atoms with Crippen LogP contribution < -0.4 is 5.32 Å². The number of rotatable bonds is 14. The van der Waals surface area contributed by atoms with Crippen molar-refractivity contribution in [3.8, 4) is 0 Å². The molecule has 0 radical (unpaired) electrons. The summed E-state index contributed by atoms with van der Waals surface area (Å²) in [6.07, 6.45) is 2.85. The number of alkyl carbamates (subject to hydrolysis) is 1. The van der Waals surface area contributed by atoms with Crippen molar-refractivity contribution >= 4 is 30.0 Å². The molecule has 33 heavy (non-hydrogen) atoms. The Bertz CT molecular complexity index is 545. The Balaban J connectivity index is 0. The van der Waals surface area contributed by atoms with Gasteiger partial charge in [-0.05, 0) is 25.7 Å². The molecule has 2 atom stereocenters. The van der Waals surface area contributed by atoms with Gasteiger partial charge in [0.15, 0.2) is 0 Å². The minimum atomic E-state index is -10.7. The van der Waals surface area contributed by atoms with Crippen LogP contribution in [0, 0.1) is 0 Å². The Labute approximate surface area is 195 Å². The third-order valence-electron chi connectivity index (χ3n) is 4.02. The Morgan fingerprint density at radius 2 is 1.18 bits per heavy atom. The van der Waals surface area contributed by atoms with Gasteiger partial charge in [0.2, 0.25) is 5.85 Å². The third kappa shape index (κ3) is 20.9. The molecule has 1 amide bonds. The van der Waals surface area contributed by atoms with E-state index in [1.54, 1.807) is 0 Å². The first-order valence-electron chi connectivity index (χ1n) is 10.9. The zero-order valence-electron chi connectivity index (χ0n) is 20.8. The average Bonchev–Trinajstić information content (AvgIpc) is 2.62. The number of ether oxygens (including phenoxy) is 1. The van der Waals surface area contributed by atoms with Crippen LogP contribution in [0.15, 0.2) is 0 Å². The van der Waals surface area contributed by atoms with Gasteiger partial charge in [-0.25, -0.2) is 4.79 Å². The van der Waals surface area contributed by atoms with Crippen LogP contribution in [0.25, 0.3) is 0 Å². The first kappa shape index (κ1) is 35.0. The van der Waals surface area contributed by atoms with Crippen molar-refractivity contribution in [2.45, 2.75) is 71.8 Å². The van der Waals surface area contributed by atoms with E-state index in [0.717, 1.165) is 19.3 Å². The molecule has 0 aromatic rings. The van der Waals surface area contributed by atoms with Crippen molar-refractivity contribution < 1.29 is 48.0 Å². The van der Waals surface area contributed by atoms with E-state index in [4.69, 9.17) is 18.0 Å². The van der Waals surface area contributed by atoms with Crippen molar-refractivity contribution in [3.05, 3.63) is 0 Å². The molecule has 0 aromatic carbocycles. The first-order chi connectivity index (χ1) is 14.6. The van der Waals surface area contributed by atoms with E-state index in [-0.39, 0.29) is 11.5 Å². The average molecular weight is 556 g/mol. The molecule has 0 saturated carbocycles. The van der Waals surface area contributed by atoms with Gasteiger partial charge < -0.3 is 23.3 Å². The molecule has 0 aliphatic heterocycles. The van der Waals surface area contributed by atoms with Gasteiger partial charge in [-0.15, -0.1) is 0 Å². The summed E-state index contributed by atoms with van der Waals surface area (Å²) in [5, 5.41) is 2.98. The van der Waals surface area contributed by atoms with Gasteiger partial charge in [-0.3, -0.25) is 0 Å². The van der Waals surface area contributed by atoms with Crippen LogP contribution in [0.2, 0.25) is 0 Å². The molecule has 0 bridgehead atoms. The van der Waals surface area contributed by atoms with E-state index < -0.39 is 30.0 Å². The van der Waals surface area contributed by atoms with Gasteiger partial charge in [0, 0.05) is 34.0 Å². The molecule has 0 saturated heterocycles. The first-order valence-corrected chi connectivity index (χ1v) is 17.9. The zero-order valence-corrected chi connectivity index (χ0v) is 23.6. The van der Waals surface area contributed by atoms with Gasteiger partial charge in [-0.1, -0.05) is 27.7 Å². The third-order valence-corrected chi connectivity index (χ3v) is 9.53. The number of amides is 1. The van der Waals surface area contributed by atoms with Gasteiger partial charge in [-0.2, -0.15) is 0 Å². The van der Waals surface area contributed by atoms with Crippen molar-refractivity contribution in [1.82, 2.24) is 5.32 Å². The summed E-state index contributed by atoms with van der Waals surface area (Å²) >= 11 is 0. The van der Waals surface area contributed by atoms with Crippen LogP contribution in [0.3, 0.4) is 0 Å². The van der Waals surface area contributed by atoms with E-state index in [9.17, 15) is 30.0 Å². The number of hydrogen-bond donors (Lipinski definition) is 1. The van der Waals surface area contributed by atoms with Crippen molar-refractivity contribution in [3.63, 3.8) is 0 Å². The molecular formula is C18H41F6NO5P2Si. The summed E-state index contributed by atoms with van der Waals surface area (Å²) in [6, 6.07) is 0. The summed E-state index contributed by atoms with van der Waals surface area (Å²) in [5.41, 5.74) is -0.315. The summed E-state index contributed by atoms with van der Waals surface area (Å²) in [7, 11) is -15.0. The Morgan fingerprint density at radius 1 is 0.848 bits per heavy atom. The van der Waals surface area contributed by atoms with Crippen molar-refractivity contribution in [2.75, 3.05) is 39.8 Å². The second kappa shape index (κ2) is 13.2. The second-order valence-electron chi connectivity index (χ2n) is 8.33. The molecule has 0 aromatic heterocycles. The summed E-state index contributed by atoms with van der Waals surface area (Å²) in [5.74, 6) is -0.0965. The second-order valence-corrected chi connectivity index (χ2v) is 18.0. The Hall–Kier alpha value is -0.193. The number of carbonyl (C=O) groups excluding carboxylic acids is 1. The molecule has 0 fully saturated rings. The molecule has 15 heteroatoms. The van der Waals surface area contributed by atoms with Gasteiger partial charge in [0.25, 0.3) is 0 Å². The van der Waals surface area contributed by atoms with Gasteiger partial charge in [0.1, 0.15) is 5.67 Å². The Kier molecular flexibility index (Phi) is 14.0. The number of nitrogens with one attached hydrogen (secondary N) is 1. The normalized spacial score (nSPS) is 16.5. The predicted molar refractivity (Wildman–Crippen MR) is 126 cm³/mol. The summed E-state index contributed by atoms with van der Waals surface area (Å²) in [6.45, 7) is 18.2. The monoisotopic (exact) mass is 555 g/mol. The van der Waals surface area contributed by atoms with Gasteiger partial charge >= 0.3 is 47.9 Å². The van der Waals surface area contributed by atoms with Crippen LogP contribution in [-0.2, 0) is 18.0 Å². The molecule has 0 heterocycles. The fourth-order valence-electron chi connectivity index (χ4n) is 2.09. The van der Waals surface area contributed by atoms with Crippen LogP contribution >= 0.6 is 15.1 Å². The Morgan fingerprint density at radius 3 is 1.42 bits per heavy atom. The summed E-state index contributed by atoms with van der Waals surface area (Å²) in [4.78, 5) is 12.5. The molecule has 6 nitrogen and oxygen atoms in total. The number of hydrogen-bond acceptors (Lipinski definition) is 5. The molecular weight excluding hydrogens is 514 g/mol. The van der Waals surface area contributed by atoms with E-state index in [0.29, 0.717) is 26.2 Å². The molecule has 0 spiro atoms. The maximum atomic E-state index is 12.5. The minimum absolute atomic E-state index is 0.0965. The zero-order chi connectivity index (χ0) is 26.6. The van der Waals surface area contributed by atoms with Crippen LogP contribution in [0.5, 0.6) is 0 Å². The maximum absolute atomic E-state index is 12.5. The molecule has 0 rings (SSSR count). The van der Waals surface area contributed by atoms with Gasteiger partial charge in [0.05, 0.1) is 20.0 Å². The van der Waals surface area contributed by atoms with Crippen molar-refractivity contribution in [2.24, 2.45) is 0 Å². The molecule has 0 aliphatic rings. The SMILES string of the molecule is CCCO[Si](OCCC)(OCCC)C(CC)NC(=O)OC(C)[P+](C)(C)C.F[P-](F)(F)(F)(F)F. The van der Waals surface area contributed by atoms with E-state index in [1.807, 2.05) is 13.8 Å². The molecule has 2 unspecified atom stereocenters. The quantitative estimate of drug-likeness (QED) is 0.134. The van der Waals surface area contributed by atoms with Crippen molar-refractivity contribution in [1.29, 1.82) is 0 Å². The van der Waals surface area contributed by atoms with E-state index in [1.165, 1.54) is 0 Å². The topological polar surface area (TPSA) is 66.0 Å².